The molecule has 2 fully saturated rings. The van der Waals surface area contributed by atoms with E-state index in [0.29, 0.717) is 4.49 Å². The zero-order chi connectivity index (χ0) is 7.84. The first-order valence-corrected chi connectivity index (χ1v) is 4.86. The highest BCUT2D eigenvalue weighted by atomic mass is 35.5. The van der Waals surface area contributed by atoms with Crippen LogP contribution in [-0.4, -0.2) is 0 Å². The van der Waals surface area contributed by atoms with Gasteiger partial charge in [-0.05, 0) is 30.3 Å². The van der Waals surface area contributed by atoms with Crippen molar-refractivity contribution >= 4 is 23.2 Å². The molecule has 2 saturated carbocycles. The van der Waals surface area contributed by atoms with Gasteiger partial charge >= 0.3 is 0 Å². The molecule has 0 amide bonds. The Morgan fingerprint density at radius 1 is 1.18 bits per heavy atom. The van der Waals surface area contributed by atoms with Gasteiger partial charge in [-0.1, -0.05) is 41.8 Å². The Balaban J connectivity index is 2.17. The average Bonchev–Trinajstić information content (AvgIpc) is 2.64. The highest BCUT2D eigenvalue weighted by Gasteiger charge is 2.45. The Morgan fingerprint density at radius 3 is 2.18 bits per heavy atom. The molecule has 0 aromatic carbocycles. The molecule has 2 atom stereocenters. The maximum Gasteiger partial charge on any atom is 0.148 e. The molecular weight excluding hydrogens is 179 g/mol. The molecule has 2 unspecified atom stereocenters. The lowest BCUT2D eigenvalue weighted by Crippen LogP contribution is -1.91. The molecule has 2 heteroatoms. The van der Waals surface area contributed by atoms with Crippen LogP contribution in [-0.2, 0) is 0 Å². The molecule has 2 aliphatic carbocycles. The van der Waals surface area contributed by atoms with Crippen LogP contribution in [0, 0.1) is 11.8 Å². The van der Waals surface area contributed by atoms with E-state index in [1.807, 2.05) is 0 Å². The van der Waals surface area contributed by atoms with Gasteiger partial charge in [-0.15, -0.1) is 0 Å². The number of allylic oxidation sites excluding steroid dienone is 1. The summed E-state index contributed by atoms with van der Waals surface area (Å²) in [6.07, 6.45) is 5.39. The third-order valence-corrected chi connectivity index (χ3v) is 2.88. The van der Waals surface area contributed by atoms with Crippen molar-refractivity contribution in [3.05, 3.63) is 15.8 Å². The van der Waals surface area contributed by atoms with Gasteiger partial charge < -0.3 is 0 Å². The molecule has 11 heavy (non-hydrogen) atoms. The van der Waals surface area contributed by atoms with E-state index in [-0.39, 0.29) is 0 Å². The van der Waals surface area contributed by atoms with Crippen LogP contribution < -0.4 is 0 Å². The Morgan fingerprint density at radius 2 is 1.73 bits per heavy atom. The van der Waals surface area contributed by atoms with Gasteiger partial charge in [0, 0.05) is 0 Å². The summed E-state index contributed by atoms with van der Waals surface area (Å²) >= 11 is 11.1. The maximum atomic E-state index is 5.53. The van der Waals surface area contributed by atoms with E-state index >= 15 is 0 Å². The van der Waals surface area contributed by atoms with E-state index in [4.69, 9.17) is 23.2 Å². The van der Waals surface area contributed by atoms with Gasteiger partial charge in [0.2, 0.25) is 0 Å². The van der Waals surface area contributed by atoms with Crippen LogP contribution in [0.25, 0.3) is 0 Å². The van der Waals surface area contributed by atoms with Crippen molar-refractivity contribution in [2.45, 2.75) is 25.7 Å². The highest BCUT2D eigenvalue weighted by molar-refractivity contribution is 6.55. The summed E-state index contributed by atoms with van der Waals surface area (Å²) in [5.74, 6) is 1.58. The monoisotopic (exact) mass is 188 g/mol. The number of rotatable bonds is 0. The van der Waals surface area contributed by atoms with Gasteiger partial charge in [0.05, 0.1) is 0 Å². The highest BCUT2D eigenvalue weighted by Crippen LogP contribution is 2.54. The first-order chi connectivity index (χ1) is 5.29. The van der Waals surface area contributed by atoms with Crippen LogP contribution in [0.3, 0.4) is 0 Å². The Bertz CT molecular complexity index is 218. The fourth-order valence-electron chi connectivity index (χ4n) is 2.12. The van der Waals surface area contributed by atoms with E-state index in [1.165, 1.54) is 31.3 Å². The maximum absolute atomic E-state index is 5.53. The van der Waals surface area contributed by atoms with E-state index in [2.05, 4.69) is 5.73 Å². The van der Waals surface area contributed by atoms with Crippen molar-refractivity contribution in [3.63, 3.8) is 0 Å². The number of hydrogen-bond donors (Lipinski definition) is 0. The van der Waals surface area contributed by atoms with Gasteiger partial charge in [0.25, 0.3) is 0 Å². The molecule has 0 aromatic heterocycles. The van der Waals surface area contributed by atoms with E-state index < -0.39 is 0 Å². The second-order valence-electron chi connectivity index (χ2n) is 3.34. The lowest BCUT2D eigenvalue weighted by atomic mass is 10.0. The van der Waals surface area contributed by atoms with Gasteiger partial charge in [-0.3, -0.25) is 0 Å². The second kappa shape index (κ2) is 2.86. The third-order valence-electron chi connectivity index (χ3n) is 2.69. The fourth-order valence-corrected chi connectivity index (χ4v) is 2.33. The Labute approximate surface area is 76.9 Å². The number of halogens is 2. The predicted octanol–water partition coefficient (Wildman–Crippen LogP) is 3.65. The van der Waals surface area contributed by atoms with Crippen molar-refractivity contribution in [1.82, 2.24) is 0 Å². The molecule has 60 valence electrons. The minimum atomic E-state index is 0.300. The standard InChI is InChI=1S/C9H10Cl2/c10-9(11)5-8-6-3-1-2-4-7(6)8/h6-7H,1-4H2. The Kier molecular flexibility index (Phi) is 2.01. The second-order valence-corrected chi connectivity index (χ2v) is 4.29. The van der Waals surface area contributed by atoms with E-state index in [0.717, 1.165) is 11.8 Å². The summed E-state index contributed by atoms with van der Waals surface area (Å²) in [6, 6.07) is 0. The normalized spacial score (nSPS) is 34.2. The summed E-state index contributed by atoms with van der Waals surface area (Å²) in [6.45, 7) is 0. The van der Waals surface area contributed by atoms with Crippen molar-refractivity contribution < 1.29 is 0 Å². The first-order valence-electron chi connectivity index (χ1n) is 4.11. The quantitative estimate of drug-likeness (QED) is 0.510. The van der Waals surface area contributed by atoms with Crippen LogP contribution >= 0.6 is 23.2 Å². The summed E-state index contributed by atoms with van der Waals surface area (Å²) in [5, 5.41) is 0. The van der Waals surface area contributed by atoms with Crippen molar-refractivity contribution in [2.75, 3.05) is 0 Å². The smallest absolute Gasteiger partial charge is 0.0887 e. The topological polar surface area (TPSA) is 0 Å². The molecular formula is C9H10Cl2. The number of fused-ring (bicyclic) bond motifs is 1. The van der Waals surface area contributed by atoms with Gasteiger partial charge in [0.15, 0.2) is 0 Å². The number of hydrogen-bond acceptors (Lipinski definition) is 0. The fraction of sp³-hybridized carbons (Fsp3) is 0.667. The SMILES string of the molecule is ClC(Cl)=C=C1C2CCCCC12. The van der Waals surface area contributed by atoms with Crippen LogP contribution in [0.2, 0.25) is 0 Å². The molecule has 0 radical (unpaired) electrons. The van der Waals surface area contributed by atoms with Crippen LogP contribution in [0.1, 0.15) is 25.7 Å². The summed E-state index contributed by atoms with van der Waals surface area (Å²) in [4.78, 5) is 0. The molecule has 2 aliphatic rings. The van der Waals surface area contributed by atoms with Gasteiger partial charge in [0.1, 0.15) is 4.49 Å². The first kappa shape index (κ1) is 7.73. The zero-order valence-corrected chi connectivity index (χ0v) is 7.75. The van der Waals surface area contributed by atoms with E-state index in [9.17, 15) is 0 Å². The van der Waals surface area contributed by atoms with Gasteiger partial charge in [-0.25, -0.2) is 0 Å². The summed E-state index contributed by atoms with van der Waals surface area (Å²) in [5.41, 5.74) is 4.40. The van der Waals surface area contributed by atoms with Gasteiger partial charge in [-0.2, -0.15) is 0 Å². The lowest BCUT2D eigenvalue weighted by Gasteiger charge is -2.03. The Hall–Kier alpha value is 0.1000. The predicted molar refractivity (Wildman–Crippen MR) is 47.7 cm³/mol. The molecule has 2 rings (SSSR count). The van der Waals surface area contributed by atoms with Crippen molar-refractivity contribution in [3.8, 4) is 0 Å². The van der Waals surface area contributed by atoms with Crippen LogP contribution in [0.4, 0.5) is 0 Å². The van der Waals surface area contributed by atoms with E-state index in [1.54, 1.807) is 0 Å². The molecule has 0 heterocycles. The third kappa shape index (κ3) is 1.49. The minimum Gasteiger partial charge on any atom is -0.0887 e. The zero-order valence-electron chi connectivity index (χ0n) is 6.24. The average molecular weight is 189 g/mol. The molecule has 0 spiro atoms. The summed E-state index contributed by atoms with van der Waals surface area (Å²) < 4.78 is 0.300. The molecule has 0 bridgehead atoms. The molecule has 0 nitrogen and oxygen atoms in total. The minimum absolute atomic E-state index is 0.300. The largest absolute Gasteiger partial charge is 0.148 e. The van der Waals surface area contributed by atoms with Crippen molar-refractivity contribution in [2.24, 2.45) is 11.8 Å². The lowest BCUT2D eigenvalue weighted by molar-refractivity contribution is 0.480. The van der Waals surface area contributed by atoms with Crippen LogP contribution in [0.5, 0.6) is 0 Å². The molecule has 0 saturated heterocycles. The van der Waals surface area contributed by atoms with Crippen molar-refractivity contribution in [1.29, 1.82) is 0 Å². The molecule has 0 N–H and O–H groups in total. The van der Waals surface area contributed by atoms with Crippen LogP contribution in [0.15, 0.2) is 15.8 Å². The molecule has 0 aliphatic heterocycles. The molecule has 0 aromatic rings. The summed E-state index contributed by atoms with van der Waals surface area (Å²) in [7, 11) is 0.